The third kappa shape index (κ3) is 2.63. The lowest BCUT2D eigenvalue weighted by molar-refractivity contribution is 0.955. The van der Waals surface area contributed by atoms with Crippen LogP contribution in [0.25, 0.3) is 10.9 Å². The number of hydrogen-bond acceptors (Lipinski definition) is 1. The summed E-state index contributed by atoms with van der Waals surface area (Å²) in [6.45, 7) is 0.802. The quantitative estimate of drug-likeness (QED) is 0.637. The summed E-state index contributed by atoms with van der Waals surface area (Å²) in [6.07, 6.45) is 2.18. The predicted molar refractivity (Wildman–Crippen MR) is 92.1 cm³/mol. The van der Waals surface area contributed by atoms with Crippen molar-refractivity contribution in [2.75, 3.05) is 5.32 Å². The Labute approximate surface area is 135 Å². The van der Waals surface area contributed by atoms with Gasteiger partial charge in [0.1, 0.15) is 0 Å². The normalized spacial score (nSPS) is 10.9. The minimum absolute atomic E-state index is 0.802. The average Bonchev–Trinajstić information content (AvgIpc) is 2.77. The SMILES string of the molecule is Cn1cc(CNc2cc(Br)ccc2Br)c2ccccc21. The molecule has 0 unspecified atom stereocenters. The van der Waals surface area contributed by atoms with Crippen molar-refractivity contribution in [3.05, 3.63) is 63.2 Å². The fourth-order valence-corrected chi connectivity index (χ4v) is 3.14. The molecule has 3 aromatic rings. The van der Waals surface area contributed by atoms with Crippen LogP contribution < -0.4 is 5.32 Å². The van der Waals surface area contributed by atoms with E-state index in [-0.39, 0.29) is 0 Å². The molecule has 0 aliphatic carbocycles. The van der Waals surface area contributed by atoms with Crippen LogP contribution in [-0.2, 0) is 13.6 Å². The van der Waals surface area contributed by atoms with Crippen LogP contribution in [0, 0.1) is 0 Å². The smallest absolute Gasteiger partial charge is 0.0498 e. The van der Waals surface area contributed by atoms with Crippen molar-refractivity contribution in [2.45, 2.75) is 6.54 Å². The molecule has 4 heteroatoms. The zero-order valence-electron chi connectivity index (χ0n) is 11.0. The van der Waals surface area contributed by atoms with Crippen LogP contribution in [0.3, 0.4) is 0 Å². The van der Waals surface area contributed by atoms with Gasteiger partial charge in [-0.15, -0.1) is 0 Å². The standard InChI is InChI=1S/C16H14Br2N2/c1-20-10-11(13-4-2-3-5-16(13)20)9-19-15-8-12(17)6-7-14(15)18/h2-8,10,19H,9H2,1H3. The lowest BCUT2D eigenvalue weighted by atomic mass is 10.2. The van der Waals surface area contributed by atoms with Crippen molar-refractivity contribution in [1.29, 1.82) is 0 Å². The topological polar surface area (TPSA) is 17.0 Å². The second-order valence-corrected chi connectivity index (χ2v) is 6.53. The fourth-order valence-electron chi connectivity index (χ4n) is 2.39. The Balaban J connectivity index is 1.89. The van der Waals surface area contributed by atoms with E-state index >= 15 is 0 Å². The first kappa shape index (κ1) is 13.7. The maximum atomic E-state index is 3.57. The largest absolute Gasteiger partial charge is 0.380 e. The Kier molecular flexibility index (Phi) is 3.85. The van der Waals surface area contributed by atoms with Gasteiger partial charge in [0, 0.05) is 45.3 Å². The minimum Gasteiger partial charge on any atom is -0.380 e. The minimum atomic E-state index is 0.802. The van der Waals surface area contributed by atoms with E-state index in [1.165, 1.54) is 16.5 Å². The van der Waals surface area contributed by atoms with Crippen molar-refractivity contribution in [1.82, 2.24) is 4.57 Å². The van der Waals surface area contributed by atoms with Crippen LogP contribution in [0.1, 0.15) is 5.56 Å². The monoisotopic (exact) mass is 392 g/mol. The van der Waals surface area contributed by atoms with Gasteiger partial charge >= 0.3 is 0 Å². The molecule has 0 aliphatic rings. The number of halogens is 2. The number of nitrogens with zero attached hydrogens (tertiary/aromatic N) is 1. The molecule has 0 fully saturated rings. The Hall–Kier alpha value is -1.26. The molecule has 0 amide bonds. The molecule has 0 saturated carbocycles. The van der Waals surface area contributed by atoms with Crippen LogP contribution in [0.5, 0.6) is 0 Å². The molecule has 1 heterocycles. The van der Waals surface area contributed by atoms with E-state index in [0.717, 1.165) is 21.2 Å². The van der Waals surface area contributed by atoms with E-state index < -0.39 is 0 Å². The third-order valence-electron chi connectivity index (χ3n) is 3.38. The van der Waals surface area contributed by atoms with Crippen molar-refractivity contribution >= 4 is 48.5 Å². The number of rotatable bonds is 3. The van der Waals surface area contributed by atoms with E-state index in [1.54, 1.807) is 0 Å². The number of hydrogen-bond donors (Lipinski definition) is 1. The molecule has 0 atom stereocenters. The van der Waals surface area contributed by atoms with E-state index in [4.69, 9.17) is 0 Å². The summed E-state index contributed by atoms with van der Waals surface area (Å²) in [7, 11) is 2.08. The number of benzene rings is 2. The highest BCUT2D eigenvalue weighted by molar-refractivity contribution is 9.11. The first-order chi connectivity index (χ1) is 9.65. The van der Waals surface area contributed by atoms with Gasteiger partial charge in [-0.25, -0.2) is 0 Å². The number of para-hydroxylation sites is 1. The van der Waals surface area contributed by atoms with Crippen molar-refractivity contribution in [2.24, 2.45) is 7.05 Å². The predicted octanol–water partition coefficient (Wildman–Crippen LogP) is 5.32. The maximum Gasteiger partial charge on any atom is 0.0498 e. The highest BCUT2D eigenvalue weighted by Crippen LogP contribution is 2.28. The molecule has 1 aromatic heterocycles. The number of nitrogens with one attached hydrogen (secondary N) is 1. The van der Waals surface area contributed by atoms with Gasteiger partial charge in [0.2, 0.25) is 0 Å². The molecule has 20 heavy (non-hydrogen) atoms. The molecule has 102 valence electrons. The Morgan fingerprint density at radius 2 is 1.90 bits per heavy atom. The number of anilines is 1. The summed E-state index contributed by atoms with van der Waals surface area (Å²) in [6, 6.07) is 14.6. The molecule has 0 radical (unpaired) electrons. The number of aryl methyl sites for hydroxylation is 1. The first-order valence-corrected chi connectivity index (χ1v) is 7.95. The fraction of sp³-hybridized carbons (Fsp3) is 0.125. The molecule has 2 nitrogen and oxygen atoms in total. The Morgan fingerprint density at radius 1 is 1.10 bits per heavy atom. The molecular weight excluding hydrogens is 380 g/mol. The van der Waals surface area contributed by atoms with Gasteiger partial charge < -0.3 is 9.88 Å². The van der Waals surface area contributed by atoms with Crippen LogP contribution in [-0.4, -0.2) is 4.57 Å². The van der Waals surface area contributed by atoms with Crippen molar-refractivity contribution < 1.29 is 0 Å². The van der Waals surface area contributed by atoms with E-state index in [2.05, 4.69) is 85.3 Å². The Bertz CT molecular complexity index is 762. The second-order valence-electron chi connectivity index (χ2n) is 4.76. The average molecular weight is 394 g/mol. The first-order valence-electron chi connectivity index (χ1n) is 6.37. The zero-order valence-corrected chi connectivity index (χ0v) is 14.2. The summed E-state index contributed by atoms with van der Waals surface area (Å²) in [5.41, 5.74) is 3.65. The summed E-state index contributed by atoms with van der Waals surface area (Å²) in [5, 5.41) is 4.78. The number of aromatic nitrogens is 1. The Morgan fingerprint density at radius 3 is 2.75 bits per heavy atom. The highest BCUT2D eigenvalue weighted by Gasteiger charge is 2.06. The van der Waals surface area contributed by atoms with Crippen molar-refractivity contribution in [3.8, 4) is 0 Å². The lowest BCUT2D eigenvalue weighted by Crippen LogP contribution is -1.99. The van der Waals surface area contributed by atoms with Gasteiger partial charge in [0.25, 0.3) is 0 Å². The van der Waals surface area contributed by atoms with Gasteiger partial charge in [0.15, 0.2) is 0 Å². The van der Waals surface area contributed by atoms with Crippen LogP contribution in [0.15, 0.2) is 57.6 Å². The summed E-state index contributed by atoms with van der Waals surface area (Å²) in [4.78, 5) is 0. The lowest BCUT2D eigenvalue weighted by Gasteiger charge is -2.08. The van der Waals surface area contributed by atoms with Gasteiger partial charge in [-0.1, -0.05) is 34.1 Å². The van der Waals surface area contributed by atoms with Crippen LogP contribution >= 0.6 is 31.9 Å². The summed E-state index contributed by atoms with van der Waals surface area (Å²) < 4.78 is 4.31. The molecule has 0 aliphatic heterocycles. The van der Waals surface area contributed by atoms with Gasteiger partial charge in [-0.3, -0.25) is 0 Å². The molecule has 2 aromatic carbocycles. The second kappa shape index (κ2) is 5.62. The maximum absolute atomic E-state index is 3.57. The summed E-state index contributed by atoms with van der Waals surface area (Å²) in [5.74, 6) is 0. The van der Waals surface area contributed by atoms with Crippen LogP contribution in [0.2, 0.25) is 0 Å². The van der Waals surface area contributed by atoms with E-state index in [0.29, 0.717) is 0 Å². The number of fused-ring (bicyclic) bond motifs is 1. The van der Waals surface area contributed by atoms with E-state index in [9.17, 15) is 0 Å². The summed E-state index contributed by atoms with van der Waals surface area (Å²) >= 11 is 7.07. The van der Waals surface area contributed by atoms with Crippen LogP contribution in [0.4, 0.5) is 5.69 Å². The molecule has 0 spiro atoms. The molecule has 3 rings (SSSR count). The molecule has 1 N–H and O–H groups in total. The highest BCUT2D eigenvalue weighted by atomic mass is 79.9. The van der Waals surface area contributed by atoms with Gasteiger partial charge in [0.05, 0.1) is 0 Å². The van der Waals surface area contributed by atoms with Gasteiger partial charge in [-0.2, -0.15) is 0 Å². The molecule has 0 saturated heterocycles. The third-order valence-corrected chi connectivity index (χ3v) is 4.56. The zero-order chi connectivity index (χ0) is 14.1. The van der Waals surface area contributed by atoms with Gasteiger partial charge in [-0.05, 0) is 45.8 Å². The molecule has 0 bridgehead atoms. The van der Waals surface area contributed by atoms with Crippen molar-refractivity contribution in [3.63, 3.8) is 0 Å². The van der Waals surface area contributed by atoms with E-state index in [1.807, 2.05) is 12.1 Å². The molecular formula is C16H14Br2N2.